The maximum absolute atomic E-state index is 11.7. The van der Waals surface area contributed by atoms with Crippen molar-refractivity contribution in [3.63, 3.8) is 0 Å². The summed E-state index contributed by atoms with van der Waals surface area (Å²) in [6, 6.07) is 0. The number of ether oxygens (including phenoxy) is 2. The Kier molecular flexibility index (Phi) is 11.8. The van der Waals surface area contributed by atoms with Crippen LogP contribution in [0.4, 0.5) is 0 Å². The zero-order valence-corrected chi connectivity index (χ0v) is 15.8. The lowest BCUT2D eigenvalue weighted by Gasteiger charge is -2.17. The fraction of sp³-hybridized carbons (Fsp3) is 0.895. The van der Waals surface area contributed by atoms with Gasteiger partial charge in [0, 0.05) is 0 Å². The van der Waals surface area contributed by atoms with Crippen molar-refractivity contribution in [3.05, 3.63) is 0 Å². The molecule has 23 heavy (non-hydrogen) atoms. The first-order valence-corrected chi connectivity index (χ1v) is 9.09. The summed E-state index contributed by atoms with van der Waals surface area (Å²) in [5, 5.41) is 0. The van der Waals surface area contributed by atoms with Gasteiger partial charge in [0.15, 0.2) is 0 Å². The predicted octanol–water partition coefficient (Wildman–Crippen LogP) is 5.04. The quantitative estimate of drug-likeness (QED) is 0.372. The molecule has 0 aromatic rings. The normalized spacial score (nSPS) is 12.7. The van der Waals surface area contributed by atoms with Crippen LogP contribution in [0.5, 0.6) is 0 Å². The molecule has 0 aromatic carbocycles. The van der Waals surface area contributed by atoms with E-state index in [1.165, 1.54) is 32.1 Å². The van der Waals surface area contributed by atoms with E-state index in [1.807, 2.05) is 27.7 Å². The van der Waals surface area contributed by atoms with Gasteiger partial charge in [-0.25, -0.2) is 0 Å². The zero-order chi connectivity index (χ0) is 17.7. The minimum Gasteiger partial charge on any atom is -0.465 e. The molecule has 0 amide bonds. The van der Waals surface area contributed by atoms with Crippen molar-refractivity contribution in [2.24, 2.45) is 5.41 Å². The first-order chi connectivity index (χ1) is 10.7. The topological polar surface area (TPSA) is 52.6 Å². The Bertz CT molecular complexity index is 331. The number of esters is 2. The summed E-state index contributed by atoms with van der Waals surface area (Å²) >= 11 is 0. The lowest BCUT2D eigenvalue weighted by molar-refractivity contribution is -0.154. The summed E-state index contributed by atoms with van der Waals surface area (Å²) in [5.41, 5.74) is -0.0538. The summed E-state index contributed by atoms with van der Waals surface area (Å²) < 4.78 is 10.5. The highest BCUT2D eigenvalue weighted by molar-refractivity contribution is 5.77. The minimum absolute atomic E-state index is 0.0538. The number of carbonyl (C=O) groups is 2. The molecule has 4 heteroatoms. The fourth-order valence-electron chi connectivity index (χ4n) is 2.13. The molecule has 0 saturated carbocycles. The van der Waals surface area contributed by atoms with Gasteiger partial charge < -0.3 is 9.47 Å². The van der Waals surface area contributed by atoms with Crippen molar-refractivity contribution in [2.45, 2.75) is 98.5 Å². The monoisotopic (exact) mass is 328 g/mol. The van der Waals surface area contributed by atoms with E-state index in [0.29, 0.717) is 6.61 Å². The predicted molar refractivity (Wildman–Crippen MR) is 93.2 cm³/mol. The third-order valence-corrected chi connectivity index (χ3v) is 3.50. The molecule has 0 N–H and O–H groups in total. The zero-order valence-electron chi connectivity index (χ0n) is 15.8. The Labute approximate surface area is 142 Å². The van der Waals surface area contributed by atoms with Crippen LogP contribution in [0.3, 0.4) is 0 Å². The van der Waals surface area contributed by atoms with Gasteiger partial charge >= 0.3 is 11.9 Å². The molecule has 1 atom stereocenters. The maximum atomic E-state index is 11.7. The van der Waals surface area contributed by atoms with E-state index < -0.39 is 0 Å². The molecule has 0 aliphatic carbocycles. The molecule has 0 spiro atoms. The first kappa shape index (κ1) is 21.9. The number of hydrogen-bond donors (Lipinski definition) is 0. The van der Waals surface area contributed by atoms with Crippen LogP contribution in [0, 0.1) is 5.41 Å². The second-order valence-electron chi connectivity index (χ2n) is 7.58. The second-order valence-corrected chi connectivity index (χ2v) is 7.58. The van der Waals surface area contributed by atoms with E-state index >= 15 is 0 Å². The van der Waals surface area contributed by atoms with E-state index in [-0.39, 0.29) is 36.3 Å². The molecule has 0 heterocycles. The van der Waals surface area contributed by atoms with Crippen LogP contribution in [0.1, 0.15) is 92.4 Å². The second kappa shape index (κ2) is 12.4. The van der Waals surface area contributed by atoms with Crippen molar-refractivity contribution >= 4 is 11.9 Å². The van der Waals surface area contributed by atoms with Crippen LogP contribution in [0.25, 0.3) is 0 Å². The number of rotatable bonds is 12. The van der Waals surface area contributed by atoms with Gasteiger partial charge in [0.1, 0.15) is 0 Å². The van der Waals surface area contributed by atoms with Crippen molar-refractivity contribution in [3.8, 4) is 0 Å². The number of carbonyl (C=O) groups excluding carboxylic acids is 2. The van der Waals surface area contributed by atoms with E-state index in [1.54, 1.807) is 0 Å². The molecule has 0 aliphatic heterocycles. The molecular formula is C19H36O4. The molecular weight excluding hydrogens is 292 g/mol. The molecule has 4 nitrogen and oxygen atoms in total. The molecule has 136 valence electrons. The maximum Gasteiger partial charge on any atom is 0.306 e. The third-order valence-electron chi connectivity index (χ3n) is 3.50. The van der Waals surface area contributed by atoms with Gasteiger partial charge in [-0.15, -0.1) is 0 Å². The molecule has 0 saturated heterocycles. The van der Waals surface area contributed by atoms with E-state index in [0.717, 1.165) is 12.8 Å². The van der Waals surface area contributed by atoms with Crippen LogP contribution in [-0.2, 0) is 19.1 Å². The summed E-state index contributed by atoms with van der Waals surface area (Å²) in [7, 11) is 0. The molecule has 0 aromatic heterocycles. The fourth-order valence-corrected chi connectivity index (χ4v) is 2.13. The summed E-state index contributed by atoms with van der Waals surface area (Å²) in [6.07, 6.45) is 8.42. The molecule has 0 fully saturated rings. The van der Waals surface area contributed by atoms with Crippen LogP contribution in [0.15, 0.2) is 0 Å². The van der Waals surface area contributed by atoms with Crippen molar-refractivity contribution < 1.29 is 19.1 Å². The Hall–Kier alpha value is -1.06. The van der Waals surface area contributed by atoms with Crippen LogP contribution in [0.2, 0.25) is 0 Å². The molecule has 1 unspecified atom stereocenters. The van der Waals surface area contributed by atoms with Crippen LogP contribution in [-0.4, -0.2) is 24.6 Å². The molecule has 0 aliphatic rings. The van der Waals surface area contributed by atoms with E-state index in [4.69, 9.17) is 9.47 Å². The van der Waals surface area contributed by atoms with Crippen molar-refractivity contribution in [1.82, 2.24) is 0 Å². The van der Waals surface area contributed by atoms with Crippen LogP contribution < -0.4 is 0 Å². The standard InChI is InChI=1S/C19H36O4/c1-6-7-8-9-10-11-12-16(2)23-18(21)14-13-17(20)22-15-19(3,4)5/h16H,6-15H2,1-5H3. The lowest BCUT2D eigenvalue weighted by Crippen LogP contribution is -2.20. The van der Waals surface area contributed by atoms with Gasteiger partial charge in [-0.1, -0.05) is 59.8 Å². The minimum atomic E-state index is -0.333. The third kappa shape index (κ3) is 15.6. The first-order valence-electron chi connectivity index (χ1n) is 9.09. The van der Waals surface area contributed by atoms with Gasteiger partial charge in [0.05, 0.1) is 25.6 Å². The van der Waals surface area contributed by atoms with Gasteiger partial charge in [-0.3, -0.25) is 9.59 Å². The van der Waals surface area contributed by atoms with E-state index in [2.05, 4.69) is 6.92 Å². The molecule has 0 bridgehead atoms. The average molecular weight is 328 g/mol. The Morgan fingerprint density at radius 1 is 0.913 bits per heavy atom. The van der Waals surface area contributed by atoms with E-state index in [9.17, 15) is 9.59 Å². The van der Waals surface area contributed by atoms with Crippen molar-refractivity contribution in [2.75, 3.05) is 6.61 Å². The Balaban J connectivity index is 3.66. The summed E-state index contributed by atoms with van der Waals surface area (Å²) in [6.45, 7) is 10.5. The Morgan fingerprint density at radius 3 is 2.09 bits per heavy atom. The molecule has 0 rings (SSSR count). The van der Waals surface area contributed by atoms with Gasteiger partial charge in [-0.05, 0) is 25.2 Å². The van der Waals surface area contributed by atoms with Gasteiger partial charge in [-0.2, -0.15) is 0 Å². The average Bonchev–Trinajstić information content (AvgIpc) is 2.46. The SMILES string of the molecule is CCCCCCCCC(C)OC(=O)CCC(=O)OCC(C)(C)C. The Morgan fingerprint density at radius 2 is 1.48 bits per heavy atom. The largest absolute Gasteiger partial charge is 0.465 e. The highest BCUT2D eigenvalue weighted by Crippen LogP contribution is 2.14. The van der Waals surface area contributed by atoms with Crippen molar-refractivity contribution in [1.29, 1.82) is 0 Å². The summed E-state index contributed by atoms with van der Waals surface area (Å²) in [5.74, 6) is -0.642. The molecule has 0 radical (unpaired) electrons. The van der Waals surface area contributed by atoms with Gasteiger partial charge in [0.2, 0.25) is 0 Å². The highest BCUT2D eigenvalue weighted by atomic mass is 16.5. The van der Waals surface area contributed by atoms with Crippen LogP contribution >= 0.6 is 0 Å². The highest BCUT2D eigenvalue weighted by Gasteiger charge is 2.16. The van der Waals surface area contributed by atoms with Gasteiger partial charge in [0.25, 0.3) is 0 Å². The number of hydrogen-bond acceptors (Lipinski definition) is 4. The summed E-state index contributed by atoms with van der Waals surface area (Å²) in [4.78, 5) is 23.3. The number of unbranched alkanes of at least 4 members (excludes halogenated alkanes) is 5. The smallest absolute Gasteiger partial charge is 0.306 e. The lowest BCUT2D eigenvalue weighted by atomic mass is 9.99.